The first-order chi connectivity index (χ1) is 4.72. The first-order valence-electron chi connectivity index (χ1n) is 2.50. The van der Waals surface area contributed by atoms with E-state index in [4.69, 9.17) is 5.73 Å². The molecule has 0 saturated carbocycles. The van der Waals surface area contributed by atoms with E-state index in [1.807, 2.05) is 0 Å². The van der Waals surface area contributed by atoms with Crippen molar-refractivity contribution in [2.45, 2.75) is 0 Å². The van der Waals surface area contributed by atoms with Crippen molar-refractivity contribution < 1.29 is 9.90 Å². The Hall–Kier alpha value is -1.65. The van der Waals surface area contributed by atoms with Gasteiger partial charge in [0.1, 0.15) is 5.56 Å². The molecule has 0 unspecified atom stereocenters. The van der Waals surface area contributed by atoms with Crippen molar-refractivity contribution in [3.05, 3.63) is 17.8 Å². The minimum Gasteiger partial charge on any atom is -0.365 e. The molecule has 0 aromatic carbocycles. The highest BCUT2D eigenvalue weighted by atomic mass is 16.3. The molecule has 0 saturated heterocycles. The Bertz CT molecular complexity index is 261. The van der Waals surface area contributed by atoms with Crippen molar-refractivity contribution >= 4 is 5.91 Å². The van der Waals surface area contributed by atoms with E-state index < -0.39 is 11.8 Å². The molecule has 0 atom stereocenters. The van der Waals surface area contributed by atoms with E-state index in [1.165, 1.54) is 12.3 Å². The number of hydrogen-bond acceptors (Lipinski definition) is 3. The minimum atomic E-state index is -0.778. The van der Waals surface area contributed by atoms with E-state index in [0.717, 1.165) is 0 Å². The van der Waals surface area contributed by atoms with Crippen LogP contribution in [0, 0.1) is 0 Å². The number of hydrogen-bond donors (Lipinski definition) is 1. The first kappa shape index (κ1) is 6.47. The van der Waals surface area contributed by atoms with E-state index >= 15 is 0 Å². The minimum absolute atomic E-state index is 0.130. The molecule has 5 nitrogen and oxygen atoms in total. The van der Waals surface area contributed by atoms with E-state index in [0.29, 0.717) is 0 Å². The lowest BCUT2D eigenvalue weighted by atomic mass is 10.3. The van der Waals surface area contributed by atoms with Crippen LogP contribution in [0.15, 0.2) is 12.3 Å². The van der Waals surface area contributed by atoms with Crippen LogP contribution in [0.5, 0.6) is 5.88 Å². The summed E-state index contributed by atoms with van der Waals surface area (Å²) < 4.78 is 0. The second-order valence-corrected chi connectivity index (χ2v) is 1.61. The summed E-state index contributed by atoms with van der Waals surface area (Å²) in [5.74, 6) is -1.46. The Balaban J connectivity index is 3.15. The standard InChI is InChI=1S/C5H4N3O2/c6-4(9)3-1-2-7-8-5(3)10/h1-2H,(H2,6,9). The monoisotopic (exact) mass is 138 g/mol. The van der Waals surface area contributed by atoms with Gasteiger partial charge >= 0.3 is 5.88 Å². The zero-order valence-corrected chi connectivity index (χ0v) is 4.94. The van der Waals surface area contributed by atoms with Gasteiger partial charge in [-0.1, -0.05) is 0 Å². The summed E-state index contributed by atoms with van der Waals surface area (Å²) in [5, 5.41) is 16.9. The molecule has 51 valence electrons. The molecule has 0 fully saturated rings. The summed E-state index contributed by atoms with van der Waals surface area (Å²) in [4.78, 5) is 10.4. The Morgan fingerprint density at radius 2 is 2.30 bits per heavy atom. The summed E-state index contributed by atoms with van der Waals surface area (Å²) in [6.07, 6.45) is 1.24. The number of nitrogens with two attached hydrogens (primary N) is 1. The van der Waals surface area contributed by atoms with Crippen LogP contribution in [-0.4, -0.2) is 16.1 Å². The molecule has 1 radical (unpaired) electrons. The third kappa shape index (κ3) is 1.02. The third-order valence-corrected chi connectivity index (χ3v) is 0.952. The molecule has 1 heterocycles. The predicted molar refractivity (Wildman–Crippen MR) is 30.7 cm³/mol. The van der Waals surface area contributed by atoms with Crippen LogP contribution in [0.4, 0.5) is 0 Å². The van der Waals surface area contributed by atoms with Crippen LogP contribution < -0.4 is 5.73 Å². The molecule has 1 rings (SSSR count). The van der Waals surface area contributed by atoms with Crippen LogP contribution in [0.1, 0.15) is 10.4 Å². The van der Waals surface area contributed by atoms with Gasteiger partial charge in [-0.25, -0.2) is 0 Å². The topological polar surface area (TPSA) is 88.8 Å². The molecular formula is C5H4N3O2. The molecule has 0 aliphatic heterocycles. The average molecular weight is 138 g/mol. The van der Waals surface area contributed by atoms with Crippen molar-refractivity contribution in [1.29, 1.82) is 0 Å². The van der Waals surface area contributed by atoms with Gasteiger partial charge in [0, 0.05) is 0 Å². The second kappa shape index (κ2) is 2.30. The Morgan fingerprint density at radius 1 is 1.60 bits per heavy atom. The molecule has 0 aliphatic carbocycles. The summed E-state index contributed by atoms with van der Waals surface area (Å²) in [6, 6.07) is 1.23. The van der Waals surface area contributed by atoms with Crippen molar-refractivity contribution in [2.24, 2.45) is 5.73 Å². The highest BCUT2D eigenvalue weighted by molar-refractivity contribution is 5.94. The van der Waals surface area contributed by atoms with Gasteiger partial charge in [-0.3, -0.25) is 9.90 Å². The highest BCUT2D eigenvalue weighted by Gasteiger charge is 2.08. The quantitative estimate of drug-likeness (QED) is 0.578. The second-order valence-electron chi connectivity index (χ2n) is 1.61. The predicted octanol–water partition coefficient (Wildman–Crippen LogP) is -0.281. The zero-order chi connectivity index (χ0) is 7.56. The molecule has 1 amide bonds. The summed E-state index contributed by atoms with van der Waals surface area (Å²) in [6.45, 7) is 0. The molecule has 1 aromatic heterocycles. The highest BCUT2D eigenvalue weighted by Crippen LogP contribution is 2.08. The Labute approximate surface area is 56.5 Å². The molecule has 1 aromatic rings. The SMILES string of the molecule is NC(=O)c1ccnnc1[O]. The van der Waals surface area contributed by atoms with Gasteiger partial charge in [0.15, 0.2) is 0 Å². The van der Waals surface area contributed by atoms with E-state index in [2.05, 4.69) is 10.2 Å². The molecule has 0 spiro atoms. The number of rotatable bonds is 1. The molecule has 5 heteroatoms. The van der Waals surface area contributed by atoms with Gasteiger partial charge in [-0.15, -0.1) is 5.10 Å². The summed E-state index contributed by atoms with van der Waals surface area (Å²) in [5.41, 5.74) is 4.68. The van der Waals surface area contributed by atoms with Gasteiger partial charge in [-0.05, 0) is 6.07 Å². The van der Waals surface area contributed by atoms with Crippen molar-refractivity contribution in [1.82, 2.24) is 10.2 Å². The smallest absolute Gasteiger partial charge is 0.301 e. The maximum atomic E-state index is 10.6. The fourth-order valence-corrected chi connectivity index (χ4v) is 0.506. The molecule has 0 bridgehead atoms. The van der Waals surface area contributed by atoms with Gasteiger partial charge < -0.3 is 5.73 Å². The van der Waals surface area contributed by atoms with Crippen LogP contribution in [-0.2, 0) is 5.11 Å². The van der Waals surface area contributed by atoms with Crippen molar-refractivity contribution in [3.63, 3.8) is 0 Å². The molecule has 2 N–H and O–H groups in total. The number of primary amides is 1. The average Bonchev–Trinajstić information content (AvgIpc) is 1.88. The third-order valence-electron chi connectivity index (χ3n) is 0.952. The fraction of sp³-hybridized carbons (Fsp3) is 0. The first-order valence-corrected chi connectivity index (χ1v) is 2.50. The maximum Gasteiger partial charge on any atom is 0.301 e. The van der Waals surface area contributed by atoms with Crippen LogP contribution in [0.3, 0.4) is 0 Å². The van der Waals surface area contributed by atoms with Gasteiger partial charge in [0.05, 0.1) is 6.20 Å². The normalized spacial score (nSPS) is 9.20. The largest absolute Gasteiger partial charge is 0.365 e. The van der Waals surface area contributed by atoms with Crippen LogP contribution >= 0.6 is 0 Å². The van der Waals surface area contributed by atoms with Crippen molar-refractivity contribution in [2.75, 3.05) is 0 Å². The van der Waals surface area contributed by atoms with E-state index in [9.17, 15) is 9.90 Å². The fourth-order valence-electron chi connectivity index (χ4n) is 0.506. The van der Waals surface area contributed by atoms with Crippen LogP contribution in [0.2, 0.25) is 0 Å². The van der Waals surface area contributed by atoms with Gasteiger partial charge in [0.2, 0.25) is 0 Å². The van der Waals surface area contributed by atoms with Crippen LogP contribution in [0.25, 0.3) is 0 Å². The maximum absolute atomic E-state index is 10.6. The number of amides is 1. The molecule has 10 heavy (non-hydrogen) atoms. The number of aromatic nitrogens is 2. The molecular weight excluding hydrogens is 134 g/mol. The Kier molecular flexibility index (Phi) is 1.49. The zero-order valence-electron chi connectivity index (χ0n) is 4.94. The number of carbonyl (C=O) groups excluding carboxylic acids is 1. The Morgan fingerprint density at radius 3 is 2.70 bits per heavy atom. The van der Waals surface area contributed by atoms with E-state index in [-0.39, 0.29) is 5.56 Å². The lowest BCUT2D eigenvalue weighted by Gasteiger charge is -1.91. The van der Waals surface area contributed by atoms with Gasteiger partial charge in [0.25, 0.3) is 5.91 Å². The van der Waals surface area contributed by atoms with E-state index in [1.54, 1.807) is 0 Å². The lowest BCUT2D eigenvalue weighted by molar-refractivity contribution is 0.0994. The van der Waals surface area contributed by atoms with Gasteiger partial charge in [-0.2, -0.15) is 5.10 Å². The summed E-state index contributed by atoms with van der Waals surface area (Å²) >= 11 is 0. The number of nitrogens with zero attached hydrogens (tertiary/aromatic N) is 2. The van der Waals surface area contributed by atoms with Crippen molar-refractivity contribution in [3.8, 4) is 5.88 Å². The lowest BCUT2D eigenvalue weighted by Crippen LogP contribution is -2.11. The molecule has 0 aliphatic rings. The number of carbonyl (C=O) groups is 1. The summed E-state index contributed by atoms with van der Waals surface area (Å²) in [7, 11) is 0.